The van der Waals surface area contributed by atoms with Gasteiger partial charge in [0, 0.05) is 26.3 Å². The summed E-state index contributed by atoms with van der Waals surface area (Å²) in [5, 5.41) is 3.35. The van der Waals surface area contributed by atoms with E-state index in [2.05, 4.69) is 26.1 Å². The van der Waals surface area contributed by atoms with E-state index in [1.54, 1.807) is 0 Å². The molecule has 1 saturated heterocycles. The fourth-order valence-corrected chi connectivity index (χ4v) is 1.69. The summed E-state index contributed by atoms with van der Waals surface area (Å²) in [5.41, 5.74) is 0.566. The van der Waals surface area contributed by atoms with Crippen molar-refractivity contribution in [2.45, 2.75) is 33.6 Å². The second-order valence-corrected chi connectivity index (χ2v) is 4.68. The Labute approximate surface area is 82.0 Å². The van der Waals surface area contributed by atoms with Crippen molar-refractivity contribution in [1.82, 2.24) is 5.32 Å². The van der Waals surface area contributed by atoms with Crippen LogP contribution in [0.2, 0.25) is 0 Å². The molecular formula is C11H23NO. The lowest BCUT2D eigenvalue weighted by Crippen LogP contribution is -2.53. The Hall–Kier alpha value is -0.0800. The molecule has 1 rings (SSSR count). The third-order valence-corrected chi connectivity index (χ3v) is 2.98. The molecule has 1 N–H and O–H groups in total. The first-order valence-corrected chi connectivity index (χ1v) is 5.47. The molecule has 0 radical (unpaired) electrons. The number of hydrogen-bond donors (Lipinski definition) is 1. The first-order valence-electron chi connectivity index (χ1n) is 5.47. The highest BCUT2D eigenvalue weighted by molar-refractivity contribution is 4.90. The van der Waals surface area contributed by atoms with Crippen LogP contribution < -0.4 is 5.32 Å². The second-order valence-electron chi connectivity index (χ2n) is 4.68. The highest BCUT2D eigenvalue weighted by Crippen LogP contribution is 2.30. The van der Waals surface area contributed by atoms with Gasteiger partial charge in [-0.25, -0.2) is 0 Å². The molecule has 13 heavy (non-hydrogen) atoms. The molecule has 2 heteroatoms. The molecule has 0 bridgehead atoms. The molecular weight excluding hydrogens is 162 g/mol. The summed E-state index contributed by atoms with van der Waals surface area (Å²) in [6.07, 6.45) is 2.51. The minimum atomic E-state index is 0.566. The number of ether oxygens (including phenoxy) is 1. The van der Waals surface area contributed by atoms with Gasteiger partial charge in [-0.3, -0.25) is 0 Å². The summed E-state index contributed by atoms with van der Waals surface area (Å²) in [6, 6.07) is 0. The Kier molecular flexibility index (Phi) is 4.20. The van der Waals surface area contributed by atoms with Gasteiger partial charge < -0.3 is 10.1 Å². The minimum absolute atomic E-state index is 0.566. The molecule has 1 heterocycles. The highest BCUT2D eigenvalue weighted by Gasteiger charge is 2.34. The third kappa shape index (κ3) is 3.28. The number of hydrogen-bond acceptors (Lipinski definition) is 2. The summed E-state index contributed by atoms with van der Waals surface area (Å²) >= 11 is 0. The lowest BCUT2D eigenvalue weighted by molar-refractivity contribution is 0.0517. The van der Waals surface area contributed by atoms with Crippen LogP contribution in [0.3, 0.4) is 0 Å². The van der Waals surface area contributed by atoms with Crippen LogP contribution in [0.25, 0.3) is 0 Å². The van der Waals surface area contributed by atoms with E-state index in [-0.39, 0.29) is 0 Å². The van der Waals surface area contributed by atoms with Gasteiger partial charge in [-0.15, -0.1) is 0 Å². The molecule has 0 spiro atoms. The first kappa shape index (κ1) is 11.0. The van der Waals surface area contributed by atoms with E-state index in [1.165, 1.54) is 25.9 Å². The molecule has 0 aromatic heterocycles. The molecule has 0 aliphatic carbocycles. The Balaban J connectivity index is 2.04. The molecule has 1 aliphatic heterocycles. The predicted octanol–water partition coefficient (Wildman–Crippen LogP) is 2.05. The van der Waals surface area contributed by atoms with Crippen LogP contribution in [0.5, 0.6) is 0 Å². The first-order chi connectivity index (χ1) is 6.18. The van der Waals surface area contributed by atoms with Crippen molar-refractivity contribution >= 4 is 0 Å². The monoisotopic (exact) mass is 185 g/mol. The van der Waals surface area contributed by atoms with Crippen molar-refractivity contribution in [2.75, 3.05) is 26.3 Å². The van der Waals surface area contributed by atoms with Crippen molar-refractivity contribution < 1.29 is 4.74 Å². The van der Waals surface area contributed by atoms with E-state index in [0.717, 1.165) is 13.2 Å². The van der Waals surface area contributed by atoms with E-state index in [9.17, 15) is 0 Å². The lowest BCUT2D eigenvalue weighted by Gasteiger charge is -2.42. The van der Waals surface area contributed by atoms with Gasteiger partial charge in [-0.05, 0) is 24.2 Å². The molecule has 1 aliphatic rings. The van der Waals surface area contributed by atoms with Crippen LogP contribution in [0.1, 0.15) is 33.6 Å². The topological polar surface area (TPSA) is 21.3 Å². The van der Waals surface area contributed by atoms with Crippen LogP contribution in [0, 0.1) is 11.3 Å². The molecule has 0 amide bonds. The van der Waals surface area contributed by atoms with Gasteiger partial charge in [-0.2, -0.15) is 0 Å². The Bertz CT molecular complexity index is 136. The number of rotatable bonds is 6. The van der Waals surface area contributed by atoms with Gasteiger partial charge in [0.2, 0.25) is 0 Å². The van der Waals surface area contributed by atoms with Gasteiger partial charge in [-0.1, -0.05) is 20.8 Å². The summed E-state index contributed by atoms with van der Waals surface area (Å²) in [4.78, 5) is 0. The van der Waals surface area contributed by atoms with Crippen molar-refractivity contribution in [1.29, 1.82) is 0 Å². The van der Waals surface area contributed by atoms with E-state index in [0.29, 0.717) is 11.3 Å². The van der Waals surface area contributed by atoms with Crippen LogP contribution in [0.15, 0.2) is 0 Å². The highest BCUT2D eigenvalue weighted by atomic mass is 16.5. The van der Waals surface area contributed by atoms with Gasteiger partial charge in [0.25, 0.3) is 0 Å². The molecule has 0 unspecified atom stereocenters. The van der Waals surface area contributed by atoms with Gasteiger partial charge in [0.15, 0.2) is 0 Å². The smallest absolute Gasteiger partial charge is 0.0488 e. The normalized spacial score (nSPS) is 20.3. The zero-order chi connectivity index (χ0) is 9.73. The zero-order valence-corrected chi connectivity index (χ0v) is 9.23. The van der Waals surface area contributed by atoms with Gasteiger partial charge in [0.1, 0.15) is 0 Å². The second kappa shape index (κ2) is 4.97. The SMILES string of the molecule is CCC1(CCOCC(C)C)CNC1. The molecule has 2 nitrogen and oxygen atoms in total. The summed E-state index contributed by atoms with van der Waals surface area (Å²) in [5.74, 6) is 0.664. The van der Waals surface area contributed by atoms with E-state index < -0.39 is 0 Å². The standard InChI is InChI=1S/C11H23NO/c1-4-11(8-12-9-11)5-6-13-7-10(2)3/h10,12H,4-9H2,1-3H3. The third-order valence-electron chi connectivity index (χ3n) is 2.98. The molecule has 0 aromatic carbocycles. The van der Waals surface area contributed by atoms with Crippen LogP contribution in [-0.4, -0.2) is 26.3 Å². The maximum absolute atomic E-state index is 5.60. The molecule has 0 aromatic rings. The van der Waals surface area contributed by atoms with Gasteiger partial charge in [0.05, 0.1) is 0 Å². The van der Waals surface area contributed by atoms with Gasteiger partial charge >= 0.3 is 0 Å². The van der Waals surface area contributed by atoms with Crippen molar-refractivity contribution in [3.63, 3.8) is 0 Å². The maximum atomic E-state index is 5.60. The van der Waals surface area contributed by atoms with E-state index in [4.69, 9.17) is 4.74 Å². The van der Waals surface area contributed by atoms with Crippen LogP contribution in [-0.2, 0) is 4.74 Å². The summed E-state index contributed by atoms with van der Waals surface area (Å²) < 4.78 is 5.60. The molecule has 78 valence electrons. The summed E-state index contributed by atoms with van der Waals surface area (Å²) in [7, 11) is 0. The lowest BCUT2D eigenvalue weighted by atomic mass is 9.76. The molecule has 0 atom stereocenters. The predicted molar refractivity (Wildman–Crippen MR) is 55.9 cm³/mol. The fourth-order valence-electron chi connectivity index (χ4n) is 1.69. The van der Waals surface area contributed by atoms with Crippen molar-refractivity contribution in [2.24, 2.45) is 11.3 Å². The van der Waals surface area contributed by atoms with Crippen molar-refractivity contribution in [3.05, 3.63) is 0 Å². The minimum Gasteiger partial charge on any atom is -0.381 e. The average Bonchev–Trinajstić information content (AvgIpc) is 2.01. The maximum Gasteiger partial charge on any atom is 0.0488 e. The largest absolute Gasteiger partial charge is 0.381 e. The quantitative estimate of drug-likeness (QED) is 0.639. The summed E-state index contributed by atoms with van der Waals surface area (Å²) in [6.45, 7) is 10.9. The van der Waals surface area contributed by atoms with Crippen LogP contribution >= 0.6 is 0 Å². The Morgan fingerprint density at radius 3 is 2.46 bits per heavy atom. The Morgan fingerprint density at radius 1 is 1.38 bits per heavy atom. The van der Waals surface area contributed by atoms with Crippen molar-refractivity contribution in [3.8, 4) is 0 Å². The fraction of sp³-hybridized carbons (Fsp3) is 1.00. The van der Waals surface area contributed by atoms with E-state index in [1.807, 2.05) is 0 Å². The molecule has 0 saturated carbocycles. The molecule has 1 fully saturated rings. The number of nitrogens with one attached hydrogen (secondary N) is 1. The van der Waals surface area contributed by atoms with Crippen LogP contribution in [0.4, 0.5) is 0 Å². The Morgan fingerprint density at radius 2 is 2.08 bits per heavy atom. The zero-order valence-electron chi connectivity index (χ0n) is 9.23. The average molecular weight is 185 g/mol. The van der Waals surface area contributed by atoms with E-state index >= 15 is 0 Å².